The van der Waals surface area contributed by atoms with Gasteiger partial charge >= 0.3 is 0 Å². The van der Waals surface area contributed by atoms with Crippen LogP contribution >= 0.6 is 0 Å². The van der Waals surface area contributed by atoms with Gasteiger partial charge in [0.25, 0.3) is 5.91 Å². The highest BCUT2D eigenvalue weighted by Crippen LogP contribution is 2.39. The molecular formula is C24H33N3O3. The number of benzene rings is 1. The number of nitrogens with zero attached hydrogens (tertiary/aromatic N) is 3. The van der Waals surface area contributed by atoms with Crippen molar-refractivity contribution >= 4 is 5.91 Å². The average molecular weight is 412 g/mol. The molecule has 1 atom stereocenters. The number of hydrogen-bond acceptors (Lipinski definition) is 5. The summed E-state index contributed by atoms with van der Waals surface area (Å²) in [6, 6.07) is 7.87. The highest BCUT2D eigenvalue weighted by Gasteiger charge is 2.44. The number of carbonyl (C=O) groups excluding carboxylic acids is 1. The van der Waals surface area contributed by atoms with Crippen molar-refractivity contribution in [2.24, 2.45) is 0 Å². The summed E-state index contributed by atoms with van der Waals surface area (Å²) in [6.07, 6.45) is 5.38. The van der Waals surface area contributed by atoms with Crippen molar-refractivity contribution < 1.29 is 14.1 Å². The Labute approximate surface area is 179 Å². The van der Waals surface area contributed by atoms with Gasteiger partial charge in [-0.05, 0) is 71.0 Å². The maximum Gasteiger partial charge on any atom is 0.260 e. The lowest BCUT2D eigenvalue weighted by atomic mass is 9.87. The van der Waals surface area contributed by atoms with Crippen molar-refractivity contribution in [3.05, 3.63) is 46.8 Å². The Bertz CT molecular complexity index is 874. The smallest absolute Gasteiger partial charge is 0.260 e. The van der Waals surface area contributed by atoms with Gasteiger partial charge in [0.05, 0.1) is 5.69 Å². The Hall–Kier alpha value is -2.34. The predicted octanol–water partition coefficient (Wildman–Crippen LogP) is 4.03. The van der Waals surface area contributed by atoms with Crippen molar-refractivity contribution in [1.82, 2.24) is 15.0 Å². The van der Waals surface area contributed by atoms with Gasteiger partial charge < -0.3 is 14.2 Å². The van der Waals surface area contributed by atoms with Crippen molar-refractivity contribution in [2.45, 2.75) is 65.0 Å². The van der Waals surface area contributed by atoms with E-state index in [2.05, 4.69) is 15.0 Å². The van der Waals surface area contributed by atoms with Crippen LogP contribution in [0.15, 0.2) is 28.8 Å². The van der Waals surface area contributed by atoms with E-state index in [1.807, 2.05) is 45.0 Å². The molecule has 2 aliphatic rings. The normalized spacial score (nSPS) is 22.4. The van der Waals surface area contributed by atoms with E-state index >= 15 is 0 Å². The van der Waals surface area contributed by atoms with E-state index in [9.17, 15) is 4.79 Å². The Morgan fingerprint density at radius 1 is 1.10 bits per heavy atom. The molecule has 0 radical (unpaired) electrons. The summed E-state index contributed by atoms with van der Waals surface area (Å²) < 4.78 is 11.2. The van der Waals surface area contributed by atoms with E-state index in [-0.39, 0.29) is 18.1 Å². The van der Waals surface area contributed by atoms with E-state index in [0.717, 1.165) is 81.1 Å². The van der Waals surface area contributed by atoms with E-state index in [1.165, 1.54) is 5.56 Å². The lowest BCUT2D eigenvalue weighted by Gasteiger charge is -2.38. The van der Waals surface area contributed by atoms with Crippen molar-refractivity contribution in [3.8, 4) is 5.75 Å². The first-order valence-electron chi connectivity index (χ1n) is 11.1. The molecule has 1 amide bonds. The van der Waals surface area contributed by atoms with Crippen molar-refractivity contribution in [3.63, 3.8) is 0 Å². The average Bonchev–Trinajstić information content (AvgIpc) is 3.21. The van der Waals surface area contributed by atoms with E-state index in [0.29, 0.717) is 0 Å². The highest BCUT2D eigenvalue weighted by molar-refractivity contribution is 5.79. The molecule has 4 rings (SSSR count). The molecule has 6 heteroatoms. The largest absolute Gasteiger partial charge is 0.484 e. The van der Waals surface area contributed by atoms with Crippen LogP contribution in [-0.4, -0.2) is 52.6 Å². The number of rotatable bonds is 5. The van der Waals surface area contributed by atoms with Crippen LogP contribution in [-0.2, 0) is 11.3 Å². The van der Waals surface area contributed by atoms with E-state index < -0.39 is 0 Å². The lowest BCUT2D eigenvalue weighted by molar-refractivity contribution is -0.138. The second-order valence-electron chi connectivity index (χ2n) is 8.86. The van der Waals surface area contributed by atoms with Gasteiger partial charge in [-0.2, -0.15) is 0 Å². The third kappa shape index (κ3) is 4.24. The first-order valence-corrected chi connectivity index (χ1v) is 11.1. The van der Waals surface area contributed by atoms with Crippen LogP contribution in [0.5, 0.6) is 5.75 Å². The van der Waals surface area contributed by atoms with Gasteiger partial charge in [-0.1, -0.05) is 23.4 Å². The van der Waals surface area contributed by atoms with Crippen LogP contribution in [0.25, 0.3) is 0 Å². The van der Waals surface area contributed by atoms with Crippen molar-refractivity contribution in [1.29, 1.82) is 0 Å². The Balaban J connectivity index is 1.39. The molecule has 162 valence electrons. The van der Waals surface area contributed by atoms with Crippen LogP contribution in [0.3, 0.4) is 0 Å². The standard InChI is InChI=1S/C24H33N3O3/c1-18-8-4-5-9-22(18)29-17-23(28)27-14-7-11-24(27)10-6-13-26(15-12-24)16-21-19(2)25-30-20(21)3/h4-5,8-9H,6-7,10-17H2,1-3H3/t24-/m1/s1. The molecule has 0 unspecified atom stereocenters. The monoisotopic (exact) mass is 411 g/mol. The number of hydrogen-bond donors (Lipinski definition) is 0. The summed E-state index contributed by atoms with van der Waals surface area (Å²) in [4.78, 5) is 17.7. The third-order valence-electron chi connectivity index (χ3n) is 6.92. The second-order valence-corrected chi connectivity index (χ2v) is 8.86. The van der Waals surface area contributed by atoms with E-state index in [1.54, 1.807) is 0 Å². The fourth-order valence-electron chi connectivity index (χ4n) is 5.13. The summed E-state index contributed by atoms with van der Waals surface area (Å²) >= 11 is 0. The summed E-state index contributed by atoms with van der Waals surface area (Å²) in [7, 11) is 0. The SMILES string of the molecule is Cc1ccccc1OCC(=O)N1CCC[C@@]12CCCN(Cc1c(C)noc1C)CC2. The van der Waals surface area contributed by atoms with Crippen LogP contribution < -0.4 is 4.74 Å². The predicted molar refractivity (Wildman–Crippen MR) is 115 cm³/mol. The van der Waals surface area contributed by atoms with Crippen LogP contribution in [0.4, 0.5) is 0 Å². The summed E-state index contributed by atoms with van der Waals surface area (Å²) in [5.41, 5.74) is 3.24. The maximum absolute atomic E-state index is 13.1. The molecule has 1 aromatic heterocycles. The van der Waals surface area contributed by atoms with Gasteiger partial charge in [0.15, 0.2) is 6.61 Å². The number of amides is 1. The molecule has 30 heavy (non-hydrogen) atoms. The van der Waals surface area contributed by atoms with Gasteiger partial charge in [0.2, 0.25) is 0 Å². The van der Waals surface area contributed by atoms with Gasteiger partial charge in [-0.15, -0.1) is 0 Å². The van der Waals surface area contributed by atoms with Gasteiger partial charge in [0, 0.05) is 30.7 Å². The number of aromatic nitrogens is 1. The fourth-order valence-corrected chi connectivity index (χ4v) is 5.13. The molecule has 0 bridgehead atoms. The molecule has 2 aromatic rings. The Morgan fingerprint density at radius 2 is 1.87 bits per heavy atom. The molecule has 0 aliphatic carbocycles. The van der Waals surface area contributed by atoms with Gasteiger partial charge in [-0.25, -0.2) is 0 Å². The van der Waals surface area contributed by atoms with Crippen LogP contribution in [0.1, 0.15) is 54.7 Å². The molecule has 6 nitrogen and oxygen atoms in total. The topological polar surface area (TPSA) is 58.8 Å². The number of carbonyl (C=O) groups is 1. The molecule has 0 N–H and O–H groups in total. The zero-order valence-corrected chi connectivity index (χ0v) is 18.4. The Kier molecular flexibility index (Phi) is 6.14. The van der Waals surface area contributed by atoms with E-state index in [4.69, 9.17) is 9.26 Å². The molecule has 1 spiro atoms. The number of aryl methyl sites for hydroxylation is 3. The first kappa shape index (κ1) is 20.9. The third-order valence-corrected chi connectivity index (χ3v) is 6.92. The zero-order valence-electron chi connectivity index (χ0n) is 18.4. The summed E-state index contributed by atoms with van der Waals surface area (Å²) in [6.45, 7) is 9.89. The first-order chi connectivity index (χ1) is 14.5. The zero-order chi connectivity index (χ0) is 21.1. The number of para-hydroxylation sites is 1. The van der Waals surface area contributed by atoms with Crippen molar-refractivity contribution in [2.75, 3.05) is 26.2 Å². The number of ether oxygens (including phenoxy) is 1. The molecule has 1 aromatic carbocycles. The second kappa shape index (κ2) is 8.80. The summed E-state index contributed by atoms with van der Waals surface area (Å²) in [5, 5.41) is 4.09. The Morgan fingerprint density at radius 3 is 2.60 bits per heavy atom. The molecule has 0 saturated carbocycles. The van der Waals surface area contributed by atoms with Gasteiger partial charge in [0.1, 0.15) is 11.5 Å². The minimum atomic E-state index is -0.0142. The molecule has 2 saturated heterocycles. The quantitative estimate of drug-likeness (QED) is 0.744. The number of likely N-dealkylation sites (tertiary alicyclic amines) is 2. The minimum Gasteiger partial charge on any atom is -0.484 e. The molecule has 2 fully saturated rings. The highest BCUT2D eigenvalue weighted by atomic mass is 16.5. The molecule has 2 aliphatic heterocycles. The van der Waals surface area contributed by atoms with Gasteiger partial charge in [-0.3, -0.25) is 9.69 Å². The van der Waals surface area contributed by atoms with Crippen LogP contribution in [0, 0.1) is 20.8 Å². The summed E-state index contributed by atoms with van der Waals surface area (Å²) in [5.74, 6) is 1.83. The molecule has 3 heterocycles. The molecular weight excluding hydrogens is 378 g/mol. The maximum atomic E-state index is 13.1. The van der Waals surface area contributed by atoms with Crippen LogP contribution in [0.2, 0.25) is 0 Å². The lowest BCUT2D eigenvalue weighted by Crippen LogP contribution is -2.49. The fraction of sp³-hybridized carbons (Fsp3) is 0.583. The minimum absolute atomic E-state index is 0.0142.